The fourth-order valence-corrected chi connectivity index (χ4v) is 3.32. The first-order valence-electron chi connectivity index (χ1n) is 10.5. The number of rotatable bonds is 8. The van der Waals surface area contributed by atoms with Gasteiger partial charge in [-0.1, -0.05) is 48.5 Å². The van der Waals surface area contributed by atoms with Crippen molar-refractivity contribution in [2.75, 3.05) is 18.6 Å². The normalized spacial score (nSPS) is 16.6. The van der Waals surface area contributed by atoms with Crippen molar-refractivity contribution in [3.8, 4) is 5.75 Å². The van der Waals surface area contributed by atoms with E-state index in [1.807, 2.05) is 49.4 Å². The van der Waals surface area contributed by atoms with Crippen LogP contribution in [0.2, 0.25) is 0 Å². The lowest BCUT2D eigenvalue weighted by Gasteiger charge is -2.20. The molecule has 3 rings (SSSR count). The van der Waals surface area contributed by atoms with Crippen molar-refractivity contribution in [1.82, 2.24) is 5.32 Å². The van der Waals surface area contributed by atoms with E-state index in [0.29, 0.717) is 30.7 Å². The van der Waals surface area contributed by atoms with Gasteiger partial charge in [-0.25, -0.2) is 0 Å². The van der Waals surface area contributed by atoms with E-state index >= 15 is 0 Å². The zero-order chi connectivity index (χ0) is 22.9. The van der Waals surface area contributed by atoms with Gasteiger partial charge in [0, 0.05) is 25.6 Å². The van der Waals surface area contributed by atoms with Gasteiger partial charge in [-0.2, -0.15) is 5.10 Å². The van der Waals surface area contributed by atoms with Crippen molar-refractivity contribution < 1.29 is 14.3 Å². The Bertz CT molecular complexity index is 1030. The maximum absolute atomic E-state index is 13.0. The molecule has 0 radical (unpaired) electrons. The largest absolute Gasteiger partial charge is 0.489 e. The quantitative estimate of drug-likeness (QED) is 0.393. The standard InChI is InChI=1S/C25H28N4O3/c1-4-5-13-20(28-27-18(2)16-19-11-7-6-8-12-19)24(30)26-21-17-32-23-15-10-9-14-22(23)29(3)25(21)31/h4,6-12,14-15,21H,1,5,13,16-17H2,2-3H3,(H,26,30)/b27-18+,28-20+/t21-/m0/s1. The Morgan fingerprint density at radius 2 is 1.91 bits per heavy atom. The van der Waals surface area contributed by atoms with Gasteiger partial charge in [0.05, 0.1) is 5.69 Å². The molecule has 0 unspecified atom stereocenters. The van der Waals surface area contributed by atoms with Crippen LogP contribution in [0.4, 0.5) is 5.69 Å². The maximum atomic E-state index is 13.0. The van der Waals surface area contributed by atoms with Crippen LogP contribution in [0.3, 0.4) is 0 Å². The molecular formula is C25H28N4O3. The van der Waals surface area contributed by atoms with E-state index in [-0.39, 0.29) is 18.2 Å². The molecule has 1 heterocycles. The first-order valence-corrected chi connectivity index (χ1v) is 10.5. The molecule has 166 valence electrons. The van der Waals surface area contributed by atoms with Gasteiger partial charge in [0.25, 0.3) is 11.8 Å². The molecule has 1 N–H and O–H groups in total. The third kappa shape index (κ3) is 5.91. The van der Waals surface area contributed by atoms with Crippen LogP contribution < -0.4 is 15.0 Å². The van der Waals surface area contributed by atoms with Crippen molar-refractivity contribution in [3.63, 3.8) is 0 Å². The number of ether oxygens (including phenoxy) is 1. The van der Waals surface area contributed by atoms with E-state index < -0.39 is 11.9 Å². The summed E-state index contributed by atoms with van der Waals surface area (Å²) in [7, 11) is 1.67. The summed E-state index contributed by atoms with van der Waals surface area (Å²) in [6, 6.07) is 16.4. The lowest BCUT2D eigenvalue weighted by molar-refractivity contribution is -0.124. The molecule has 2 aromatic carbocycles. The number of nitrogens with one attached hydrogen (secondary N) is 1. The molecule has 0 bridgehead atoms. The number of amides is 2. The van der Waals surface area contributed by atoms with Crippen LogP contribution >= 0.6 is 0 Å². The van der Waals surface area contributed by atoms with Crippen molar-refractivity contribution in [2.24, 2.45) is 10.2 Å². The summed E-state index contributed by atoms with van der Waals surface area (Å²) >= 11 is 0. The molecule has 7 heteroatoms. The Morgan fingerprint density at radius 3 is 2.66 bits per heavy atom. The first kappa shape index (κ1) is 22.9. The van der Waals surface area contributed by atoms with Crippen molar-refractivity contribution in [3.05, 3.63) is 72.8 Å². The zero-order valence-corrected chi connectivity index (χ0v) is 18.5. The maximum Gasteiger partial charge on any atom is 0.268 e. The topological polar surface area (TPSA) is 83.4 Å². The number of anilines is 1. The summed E-state index contributed by atoms with van der Waals surface area (Å²) in [5, 5.41) is 11.2. The predicted octanol–water partition coefficient (Wildman–Crippen LogP) is 3.55. The first-order chi connectivity index (χ1) is 15.5. The number of carbonyl (C=O) groups excluding carboxylic acids is 2. The van der Waals surface area contributed by atoms with Gasteiger partial charge in [-0.3, -0.25) is 9.59 Å². The molecule has 0 spiro atoms. The zero-order valence-electron chi connectivity index (χ0n) is 18.5. The molecular weight excluding hydrogens is 404 g/mol. The SMILES string of the molecule is C=CCC/C(=N\N=C(/C)Cc1ccccc1)C(=O)N[C@H]1COc2ccccc2N(C)C1=O. The second kappa shape index (κ2) is 11.0. The average Bonchev–Trinajstić information content (AvgIpc) is 2.92. The molecule has 0 aromatic heterocycles. The highest BCUT2D eigenvalue weighted by Gasteiger charge is 2.31. The molecule has 0 saturated heterocycles. The summed E-state index contributed by atoms with van der Waals surface area (Å²) in [6.45, 7) is 5.62. The van der Waals surface area contributed by atoms with Crippen LogP contribution in [0.5, 0.6) is 5.75 Å². The third-order valence-corrected chi connectivity index (χ3v) is 5.06. The van der Waals surface area contributed by atoms with Gasteiger partial charge >= 0.3 is 0 Å². The summed E-state index contributed by atoms with van der Waals surface area (Å²) in [4.78, 5) is 27.3. The van der Waals surface area contributed by atoms with Gasteiger partial charge in [-0.15, -0.1) is 11.7 Å². The predicted molar refractivity (Wildman–Crippen MR) is 127 cm³/mol. The second-order valence-electron chi connectivity index (χ2n) is 7.57. The molecule has 1 aliphatic rings. The number of para-hydroxylation sites is 2. The average molecular weight is 433 g/mol. The number of hydrogen-bond donors (Lipinski definition) is 1. The van der Waals surface area contributed by atoms with E-state index in [4.69, 9.17) is 4.74 Å². The van der Waals surface area contributed by atoms with Crippen LogP contribution in [-0.2, 0) is 16.0 Å². The number of hydrogen-bond acceptors (Lipinski definition) is 5. The van der Waals surface area contributed by atoms with Crippen molar-refractivity contribution in [1.29, 1.82) is 0 Å². The molecule has 1 atom stereocenters. The minimum absolute atomic E-state index is 0.0387. The Kier molecular flexibility index (Phi) is 7.91. The highest BCUT2D eigenvalue weighted by Crippen LogP contribution is 2.29. The molecule has 2 amide bonds. The molecule has 32 heavy (non-hydrogen) atoms. The highest BCUT2D eigenvalue weighted by atomic mass is 16.5. The van der Waals surface area contributed by atoms with Gasteiger partial charge in [-0.05, 0) is 31.0 Å². The van der Waals surface area contributed by atoms with Gasteiger partial charge < -0.3 is 15.0 Å². The van der Waals surface area contributed by atoms with Crippen LogP contribution in [0.15, 0.2) is 77.5 Å². The van der Waals surface area contributed by atoms with Crippen molar-refractivity contribution >= 4 is 28.9 Å². The fourth-order valence-electron chi connectivity index (χ4n) is 3.32. The van der Waals surface area contributed by atoms with Crippen LogP contribution in [0.25, 0.3) is 0 Å². The van der Waals surface area contributed by atoms with E-state index in [1.165, 1.54) is 4.90 Å². The minimum Gasteiger partial charge on any atom is -0.489 e. The molecule has 0 saturated carbocycles. The Balaban J connectivity index is 1.73. The lowest BCUT2D eigenvalue weighted by Crippen LogP contribution is -2.51. The van der Waals surface area contributed by atoms with Crippen LogP contribution in [0, 0.1) is 0 Å². The Hall–Kier alpha value is -3.74. The summed E-state index contributed by atoms with van der Waals surface area (Å²) in [5.41, 5.74) is 2.81. The van der Waals surface area contributed by atoms with E-state index in [2.05, 4.69) is 22.1 Å². The molecule has 0 fully saturated rings. The smallest absolute Gasteiger partial charge is 0.268 e. The molecule has 7 nitrogen and oxygen atoms in total. The second-order valence-corrected chi connectivity index (χ2v) is 7.57. The van der Waals surface area contributed by atoms with Gasteiger partial charge in [0.1, 0.15) is 24.1 Å². The van der Waals surface area contributed by atoms with Crippen LogP contribution in [-0.4, -0.2) is 42.9 Å². The summed E-state index contributed by atoms with van der Waals surface area (Å²) in [6.07, 6.45) is 3.29. The van der Waals surface area contributed by atoms with E-state index in [1.54, 1.807) is 25.3 Å². The van der Waals surface area contributed by atoms with Crippen molar-refractivity contribution in [2.45, 2.75) is 32.2 Å². The number of fused-ring (bicyclic) bond motifs is 1. The summed E-state index contributed by atoms with van der Waals surface area (Å²) in [5.74, 6) is -0.0960. The summed E-state index contributed by atoms with van der Waals surface area (Å²) < 4.78 is 5.77. The van der Waals surface area contributed by atoms with E-state index in [0.717, 1.165) is 11.3 Å². The fraction of sp³-hybridized carbons (Fsp3) is 0.280. The highest BCUT2D eigenvalue weighted by molar-refractivity contribution is 6.39. The van der Waals surface area contributed by atoms with E-state index in [9.17, 15) is 9.59 Å². The number of allylic oxidation sites excluding steroid dienone is 1. The van der Waals surface area contributed by atoms with Gasteiger partial charge in [0.15, 0.2) is 0 Å². The molecule has 0 aliphatic carbocycles. The number of likely N-dealkylation sites (N-methyl/N-ethyl adjacent to an activating group) is 1. The molecule has 1 aliphatic heterocycles. The third-order valence-electron chi connectivity index (χ3n) is 5.06. The Labute approximate surface area is 188 Å². The Morgan fingerprint density at radius 1 is 1.19 bits per heavy atom. The number of nitrogens with zero attached hydrogens (tertiary/aromatic N) is 3. The number of carbonyl (C=O) groups is 2. The monoisotopic (exact) mass is 432 g/mol. The molecule has 2 aromatic rings. The lowest BCUT2D eigenvalue weighted by atomic mass is 10.1. The van der Waals surface area contributed by atoms with Crippen LogP contribution in [0.1, 0.15) is 25.3 Å². The number of benzene rings is 2. The minimum atomic E-state index is -0.830. The van der Waals surface area contributed by atoms with Gasteiger partial charge in [0.2, 0.25) is 0 Å².